The van der Waals surface area contributed by atoms with Crippen molar-refractivity contribution >= 4 is 44.6 Å². The molecule has 2 aromatic heterocycles. The first-order valence-electron chi connectivity index (χ1n) is 9.95. The second kappa shape index (κ2) is 9.26. The van der Waals surface area contributed by atoms with E-state index in [1.54, 1.807) is 11.4 Å². The molecule has 1 amide bonds. The van der Waals surface area contributed by atoms with Crippen LogP contribution in [0.3, 0.4) is 0 Å². The summed E-state index contributed by atoms with van der Waals surface area (Å²) < 4.78 is 46.0. The molecule has 1 fully saturated rings. The van der Waals surface area contributed by atoms with E-state index in [1.165, 1.54) is 16.4 Å². The topological polar surface area (TPSA) is 105 Å². The Bertz CT molecular complexity index is 1240. The number of rotatable bonds is 6. The summed E-state index contributed by atoms with van der Waals surface area (Å²) in [6.45, 7) is 2.32. The Hall–Kier alpha value is -2.34. The molecule has 1 saturated heterocycles. The van der Waals surface area contributed by atoms with Crippen LogP contribution in [0.1, 0.15) is 25.7 Å². The Morgan fingerprint density at radius 3 is 2.75 bits per heavy atom. The summed E-state index contributed by atoms with van der Waals surface area (Å²) in [4.78, 5) is 16.8. The molecule has 3 aromatic rings. The normalized spacial score (nSPS) is 15.7. The van der Waals surface area contributed by atoms with Crippen molar-refractivity contribution in [3.63, 3.8) is 0 Å². The lowest BCUT2D eigenvalue weighted by atomic mass is 9.97. The predicted octanol–water partition coefficient (Wildman–Crippen LogP) is 4.19. The molecule has 0 spiro atoms. The number of anilines is 1. The number of aryl methyl sites for hydroxylation is 1. The fraction of sp³-hybridized carbons (Fsp3) is 0.350. The van der Waals surface area contributed by atoms with Crippen LogP contribution >= 0.6 is 22.9 Å². The van der Waals surface area contributed by atoms with Gasteiger partial charge in [-0.15, -0.1) is 11.3 Å². The van der Waals surface area contributed by atoms with Crippen LogP contribution < -0.4 is 5.32 Å². The summed E-state index contributed by atoms with van der Waals surface area (Å²) in [5.41, 5.74) is 0.911. The number of benzene rings is 1. The maximum absolute atomic E-state index is 13.2. The highest BCUT2D eigenvalue weighted by Crippen LogP contribution is 2.32. The number of sulfonamides is 1. The van der Waals surface area contributed by atoms with E-state index in [0.717, 1.165) is 17.4 Å². The average Bonchev–Trinajstić information content (AvgIpc) is 3.45. The van der Waals surface area contributed by atoms with Gasteiger partial charge in [-0.2, -0.15) is 9.29 Å². The molecule has 0 radical (unpaired) electrons. The third kappa shape index (κ3) is 4.70. The van der Waals surface area contributed by atoms with Gasteiger partial charge < -0.3 is 9.84 Å². The highest BCUT2D eigenvalue weighted by molar-refractivity contribution is 7.91. The van der Waals surface area contributed by atoms with Crippen molar-refractivity contribution in [3.8, 4) is 11.4 Å². The summed E-state index contributed by atoms with van der Waals surface area (Å²) in [5.74, 6) is -0.285. The Morgan fingerprint density at radius 2 is 2.09 bits per heavy atom. The highest BCUT2D eigenvalue weighted by Gasteiger charge is 2.33. The van der Waals surface area contributed by atoms with Gasteiger partial charge in [-0.25, -0.2) is 12.8 Å². The van der Waals surface area contributed by atoms with Gasteiger partial charge >= 0.3 is 0 Å². The molecule has 0 unspecified atom stereocenters. The number of hydrogen-bond donors (Lipinski definition) is 1. The molecule has 8 nitrogen and oxygen atoms in total. The van der Waals surface area contributed by atoms with Crippen LogP contribution in [-0.2, 0) is 21.2 Å². The largest absolute Gasteiger partial charge is 0.339 e. The molecule has 32 heavy (non-hydrogen) atoms. The van der Waals surface area contributed by atoms with Crippen molar-refractivity contribution in [1.29, 1.82) is 0 Å². The summed E-state index contributed by atoms with van der Waals surface area (Å²) in [7, 11) is -3.70. The molecule has 1 aliphatic heterocycles. The minimum atomic E-state index is -3.70. The quantitative estimate of drug-likeness (QED) is 0.546. The minimum absolute atomic E-state index is 0.111. The van der Waals surface area contributed by atoms with Crippen LogP contribution in [0.15, 0.2) is 38.4 Å². The molecule has 1 aliphatic rings. The SMILES string of the molecule is CCc1nc(-c2csc(S(=O)(=O)N3CCC(C(=O)Nc4ccc(F)cc4Cl)CC3)c2)no1. The number of amides is 1. The Morgan fingerprint density at radius 1 is 1.34 bits per heavy atom. The third-order valence-corrected chi connectivity index (χ3v) is 8.84. The molecule has 12 heteroatoms. The van der Waals surface area contributed by atoms with Crippen LogP contribution in [0.25, 0.3) is 11.4 Å². The summed E-state index contributed by atoms with van der Waals surface area (Å²) in [6, 6.07) is 5.28. The summed E-state index contributed by atoms with van der Waals surface area (Å²) in [5, 5.41) is 8.37. The van der Waals surface area contributed by atoms with E-state index >= 15 is 0 Å². The van der Waals surface area contributed by atoms with Crippen molar-refractivity contribution in [2.24, 2.45) is 5.92 Å². The van der Waals surface area contributed by atoms with Crippen LogP contribution in [0, 0.1) is 11.7 Å². The zero-order chi connectivity index (χ0) is 22.9. The summed E-state index contributed by atoms with van der Waals surface area (Å²) >= 11 is 7.06. The third-order valence-electron chi connectivity index (χ3n) is 5.21. The number of piperidine rings is 1. The van der Waals surface area contributed by atoms with Crippen LogP contribution in [-0.4, -0.2) is 41.9 Å². The Labute approximate surface area is 193 Å². The second-order valence-corrected chi connectivity index (χ2v) is 10.8. The highest BCUT2D eigenvalue weighted by atomic mass is 35.5. The second-order valence-electron chi connectivity index (χ2n) is 7.31. The van der Waals surface area contributed by atoms with Gasteiger partial charge in [-0.05, 0) is 37.1 Å². The number of nitrogens with zero attached hydrogens (tertiary/aromatic N) is 3. The van der Waals surface area contributed by atoms with E-state index in [0.29, 0.717) is 42.2 Å². The van der Waals surface area contributed by atoms with E-state index in [-0.39, 0.29) is 34.1 Å². The van der Waals surface area contributed by atoms with Gasteiger partial charge in [0.1, 0.15) is 10.0 Å². The number of thiophene rings is 1. The molecule has 4 rings (SSSR count). The van der Waals surface area contributed by atoms with Gasteiger partial charge in [0.05, 0.1) is 10.7 Å². The molecule has 0 bridgehead atoms. The Balaban J connectivity index is 1.39. The van der Waals surface area contributed by atoms with Crippen molar-refractivity contribution in [2.75, 3.05) is 18.4 Å². The number of aromatic nitrogens is 2. The maximum Gasteiger partial charge on any atom is 0.252 e. The van der Waals surface area contributed by atoms with E-state index in [4.69, 9.17) is 16.1 Å². The van der Waals surface area contributed by atoms with Gasteiger partial charge in [-0.3, -0.25) is 4.79 Å². The molecule has 1 N–H and O–H groups in total. The van der Waals surface area contributed by atoms with Crippen molar-refractivity contribution in [1.82, 2.24) is 14.4 Å². The molecule has 0 saturated carbocycles. The van der Waals surface area contributed by atoms with E-state index in [9.17, 15) is 17.6 Å². The van der Waals surface area contributed by atoms with Crippen LogP contribution in [0.4, 0.5) is 10.1 Å². The molecular formula is C20H20ClFN4O4S2. The number of hydrogen-bond acceptors (Lipinski definition) is 7. The van der Waals surface area contributed by atoms with E-state index in [1.807, 2.05) is 6.92 Å². The van der Waals surface area contributed by atoms with E-state index in [2.05, 4.69) is 15.5 Å². The first-order chi connectivity index (χ1) is 15.3. The lowest BCUT2D eigenvalue weighted by Gasteiger charge is -2.30. The van der Waals surface area contributed by atoms with Crippen molar-refractivity contribution in [3.05, 3.63) is 46.4 Å². The summed E-state index contributed by atoms with van der Waals surface area (Å²) in [6.07, 6.45) is 1.33. The monoisotopic (exact) mass is 498 g/mol. The fourth-order valence-corrected chi connectivity index (χ4v) is 6.39. The zero-order valence-corrected chi connectivity index (χ0v) is 19.4. The van der Waals surface area contributed by atoms with E-state index < -0.39 is 15.8 Å². The first kappa shape index (κ1) is 22.8. The number of carbonyl (C=O) groups is 1. The van der Waals surface area contributed by atoms with Gasteiger partial charge in [0.2, 0.25) is 17.6 Å². The smallest absolute Gasteiger partial charge is 0.252 e. The molecule has 0 aliphatic carbocycles. The van der Waals surface area contributed by atoms with Gasteiger partial charge in [-0.1, -0.05) is 23.7 Å². The fourth-order valence-electron chi connectivity index (χ4n) is 3.40. The predicted molar refractivity (Wildman–Crippen MR) is 119 cm³/mol. The molecular weight excluding hydrogens is 479 g/mol. The number of halogens is 2. The van der Waals surface area contributed by atoms with Gasteiger partial charge in [0.25, 0.3) is 10.0 Å². The van der Waals surface area contributed by atoms with Gasteiger partial charge in [0.15, 0.2) is 0 Å². The molecule has 0 atom stereocenters. The number of nitrogens with one attached hydrogen (secondary N) is 1. The average molecular weight is 499 g/mol. The first-order valence-corrected chi connectivity index (χ1v) is 12.6. The standard InChI is InChI=1S/C20H20ClFN4O4S2/c1-2-17-24-19(25-30-17)13-9-18(31-11-13)32(28,29)26-7-5-12(6-8-26)20(27)23-16-4-3-14(22)10-15(16)21/h3-4,9-12H,2,5-8H2,1H3,(H,23,27). The lowest BCUT2D eigenvalue weighted by Crippen LogP contribution is -2.41. The van der Waals surface area contributed by atoms with Crippen LogP contribution in [0.2, 0.25) is 5.02 Å². The molecule has 3 heterocycles. The van der Waals surface area contributed by atoms with Gasteiger partial charge in [0, 0.05) is 36.4 Å². The maximum atomic E-state index is 13.2. The lowest BCUT2D eigenvalue weighted by molar-refractivity contribution is -0.120. The van der Waals surface area contributed by atoms with Crippen LogP contribution in [0.5, 0.6) is 0 Å². The van der Waals surface area contributed by atoms with Crippen molar-refractivity contribution in [2.45, 2.75) is 30.4 Å². The molecule has 1 aromatic carbocycles. The Kier molecular flexibility index (Phi) is 6.61. The van der Waals surface area contributed by atoms with Crippen molar-refractivity contribution < 1.29 is 22.1 Å². The zero-order valence-electron chi connectivity index (χ0n) is 17.0. The molecule has 170 valence electrons. The number of carbonyl (C=O) groups excluding carboxylic acids is 1. The minimum Gasteiger partial charge on any atom is -0.339 e.